The number of aryl methyl sites for hydroxylation is 1. The fourth-order valence-corrected chi connectivity index (χ4v) is 2.80. The first-order valence-corrected chi connectivity index (χ1v) is 6.31. The highest BCUT2D eigenvalue weighted by Gasteiger charge is 2.35. The molecule has 0 saturated heterocycles. The van der Waals surface area contributed by atoms with Crippen molar-refractivity contribution in [1.29, 1.82) is 0 Å². The number of aromatic amines is 1. The molecule has 0 radical (unpaired) electrons. The Bertz CT molecular complexity index is 518. The number of rotatable bonds is 4. The molecule has 1 heterocycles. The van der Waals surface area contributed by atoms with Gasteiger partial charge in [0, 0.05) is 0 Å². The largest absolute Gasteiger partial charge is 0.468 e. The van der Waals surface area contributed by atoms with Crippen LogP contribution in [0, 0.1) is 6.92 Å². The third kappa shape index (κ3) is 2.83. The molecule has 2 N–H and O–H groups in total. The summed E-state index contributed by atoms with van der Waals surface area (Å²) in [7, 11) is -2.61. The van der Waals surface area contributed by atoms with Crippen LogP contribution in [0.3, 0.4) is 0 Å². The molecule has 0 bridgehead atoms. The van der Waals surface area contributed by atoms with Crippen LogP contribution in [0.25, 0.3) is 0 Å². The van der Waals surface area contributed by atoms with Crippen LogP contribution >= 0.6 is 0 Å². The van der Waals surface area contributed by atoms with E-state index in [0.29, 0.717) is 5.69 Å². The van der Waals surface area contributed by atoms with Gasteiger partial charge in [-0.05, 0) is 20.8 Å². The second-order valence-electron chi connectivity index (χ2n) is 4.08. The Kier molecular flexibility index (Phi) is 3.58. The highest BCUT2D eigenvalue weighted by molar-refractivity contribution is 7.89. The molecule has 1 rings (SSSR count). The summed E-state index contributed by atoms with van der Waals surface area (Å²) in [5.41, 5.74) is -0.935. The van der Waals surface area contributed by atoms with Gasteiger partial charge in [-0.3, -0.25) is 9.89 Å². The molecule has 17 heavy (non-hydrogen) atoms. The lowest BCUT2D eigenvalue weighted by molar-refractivity contribution is -0.146. The van der Waals surface area contributed by atoms with Crippen molar-refractivity contribution in [2.45, 2.75) is 31.2 Å². The van der Waals surface area contributed by atoms with Gasteiger partial charge in [0.2, 0.25) is 10.0 Å². The van der Waals surface area contributed by atoms with Crippen LogP contribution in [0.4, 0.5) is 0 Å². The summed E-state index contributed by atoms with van der Waals surface area (Å²) in [6, 6.07) is 0. The first-order chi connectivity index (χ1) is 7.70. The monoisotopic (exact) mass is 261 g/mol. The Balaban J connectivity index is 3.04. The second-order valence-corrected chi connectivity index (χ2v) is 5.73. The number of nitrogens with zero attached hydrogens (tertiary/aromatic N) is 1. The highest BCUT2D eigenvalue weighted by atomic mass is 32.2. The molecule has 0 aliphatic carbocycles. The smallest absolute Gasteiger partial charge is 0.326 e. The zero-order valence-electron chi connectivity index (χ0n) is 10.1. The van der Waals surface area contributed by atoms with Crippen LogP contribution in [0.5, 0.6) is 0 Å². The highest BCUT2D eigenvalue weighted by Crippen LogP contribution is 2.15. The maximum absolute atomic E-state index is 12.0. The van der Waals surface area contributed by atoms with Crippen LogP contribution in [0.1, 0.15) is 19.5 Å². The minimum atomic E-state index is -3.80. The number of H-pyrrole nitrogens is 1. The molecule has 0 aliphatic rings. The van der Waals surface area contributed by atoms with Crippen molar-refractivity contribution in [1.82, 2.24) is 14.9 Å². The third-order valence-electron chi connectivity index (χ3n) is 2.16. The van der Waals surface area contributed by atoms with E-state index in [1.807, 2.05) is 0 Å². The number of hydrogen-bond acceptors (Lipinski definition) is 5. The molecular weight excluding hydrogens is 246 g/mol. The second kappa shape index (κ2) is 4.46. The lowest BCUT2D eigenvalue weighted by atomic mass is 10.1. The van der Waals surface area contributed by atoms with Crippen molar-refractivity contribution in [3.63, 3.8) is 0 Å². The van der Waals surface area contributed by atoms with Gasteiger partial charge < -0.3 is 4.74 Å². The number of carbonyl (C=O) groups is 1. The summed E-state index contributed by atoms with van der Waals surface area (Å²) in [5, 5.41) is 6.14. The van der Waals surface area contributed by atoms with Crippen LogP contribution in [-0.4, -0.2) is 37.2 Å². The summed E-state index contributed by atoms with van der Waals surface area (Å²) in [6.07, 6.45) is 1.19. The summed E-state index contributed by atoms with van der Waals surface area (Å²) in [4.78, 5) is 11.4. The van der Waals surface area contributed by atoms with Gasteiger partial charge in [-0.25, -0.2) is 8.42 Å². The molecule has 8 heteroatoms. The van der Waals surface area contributed by atoms with Crippen molar-refractivity contribution in [3.05, 3.63) is 11.9 Å². The van der Waals surface area contributed by atoms with Gasteiger partial charge in [-0.1, -0.05) is 0 Å². The van der Waals surface area contributed by atoms with Crippen LogP contribution in [-0.2, 0) is 19.6 Å². The Hall–Kier alpha value is -1.41. The van der Waals surface area contributed by atoms with E-state index in [-0.39, 0.29) is 4.90 Å². The van der Waals surface area contributed by atoms with Crippen molar-refractivity contribution in [2.75, 3.05) is 7.11 Å². The lowest BCUT2D eigenvalue weighted by Gasteiger charge is -2.22. The number of esters is 1. The maximum atomic E-state index is 12.0. The minimum Gasteiger partial charge on any atom is -0.468 e. The van der Waals surface area contributed by atoms with Crippen molar-refractivity contribution >= 4 is 16.0 Å². The minimum absolute atomic E-state index is 0.00878. The van der Waals surface area contributed by atoms with Crippen molar-refractivity contribution < 1.29 is 17.9 Å². The SMILES string of the molecule is COC(=O)C(C)(C)NS(=O)(=O)c1cn[nH]c1C. The molecule has 0 fully saturated rings. The Morgan fingerprint density at radius 1 is 1.53 bits per heavy atom. The molecule has 0 saturated carbocycles. The number of methoxy groups -OCH3 is 1. The third-order valence-corrected chi connectivity index (χ3v) is 3.93. The van der Waals surface area contributed by atoms with Gasteiger partial charge in [0.05, 0.1) is 19.0 Å². The summed E-state index contributed by atoms with van der Waals surface area (Å²) in [5.74, 6) is -0.665. The van der Waals surface area contributed by atoms with E-state index in [4.69, 9.17) is 0 Å². The number of ether oxygens (including phenoxy) is 1. The van der Waals surface area contributed by atoms with E-state index in [0.717, 1.165) is 0 Å². The topological polar surface area (TPSA) is 101 Å². The Labute approximate surface area is 99.6 Å². The van der Waals surface area contributed by atoms with Crippen molar-refractivity contribution in [2.24, 2.45) is 0 Å². The van der Waals surface area contributed by atoms with Crippen LogP contribution < -0.4 is 4.72 Å². The molecule has 0 spiro atoms. The van der Waals surface area contributed by atoms with Gasteiger partial charge in [0.1, 0.15) is 10.4 Å². The summed E-state index contributed by atoms with van der Waals surface area (Å²) >= 11 is 0. The van der Waals surface area contributed by atoms with E-state index >= 15 is 0 Å². The van der Waals surface area contributed by atoms with Gasteiger partial charge in [-0.2, -0.15) is 9.82 Å². The standard InChI is InChI=1S/C9H15N3O4S/c1-6-7(5-10-11-6)17(14,15)12-9(2,3)8(13)16-4/h5,12H,1-4H3,(H,10,11). The van der Waals surface area contributed by atoms with Gasteiger partial charge in [0.15, 0.2) is 0 Å². The molecule has 7 nitrogen and oxygen atoms in total. The van der Waals surface area contributed by atoms with E-state index in [2.05, 4.69) is 19.7 Å². The summed E-state index contributed by atoms with van der Waals surface area (Å²) < 4.78 is 30.7. The number of hydrogen-bond donors (Lipinski definition) is 2. The van der Waals surface area contributed by atoms with E-state index < -0.39 is 21.5 Å². The first-order valence-electron chi connectivity index (χ1n) is 4.83. The predicted molar refractivity (Wildman–Crippen MR) is 59.7 cm³/mol. The van der Waals surface area contributed by atoms with Crippen LogP contribution in [0.2, 0.25) is 0 Å². The zero-order valence-corrected chi connectivity index (χ0v) is 10.9. The average Bonchev–Trinajstić information content (AvgIpc) is 2.62. The molecule has 0 unspecified atom stereocenters. The lowest BCUT2D eigenvalue weighted by Crippen LogP contribution is -2.50. The number of sulfonamides is 1. The normalized spacial score (nSPS) is 12.5. The van der Waals surface area contributed by atoms with Crippen LogP contribution in [0.15, 0.2) is 11.1 Å². The Morgan fingerprint density at radius 3 is 2.53 bits per heavy atom. The number of aromatic nitrogens is 2. The van der Waals surface area contributed by atoms with E-state index in [1.165, 1.54) is 27.2 Å². The zero-order chi connectivity index (χ0) is 13.3. The fraction of sp³-hybridized carbons (Fsp3) is 0.556. The molecule has 0 atom stereocenters. The average molecular weight is 261 g/mol. The number of nitrogens with one attached hydrogen (secondary N) is 2. The van der Waals surface area contributed by atoms with Gasteiger partial charge in [-0.15, -0.1) is 0 Å². The van der Waals surface area contributed by atoms with Gasteiger partial charge >= 0.3 is 5.97 Å². The first kappa shape index (κ1) is 13.7. The van der Waals surface area contributed by atoms with E-state index in [1.54, 1.807) is 6.92 Å². The Morgan fingerprint density at radius 2 is 2.12 bits per heavy atom. The molecule has 1 aromatic heterocycles. The summed E-state index contributed by atoms with van der Waals surface area (Å²) in [6.45, 7) is 4.42. The molecule has 1 aromatic rings. The molecular formula is C9H15N3O4S. The fourth-order valence-electron chi connectivity index (χ4n) is 1.30. The molecule has 0 aliphatic heterocycles. The molecule has 96 valence electrons. The predicted octanol–water partition coefficient (Wildman–Crippen LogP) is -0.0520. The van der Waals surface area contributed by atoms with E-state index in [9.17, 15) is 13.2 Å². The van der Waals surface area contributed by atoms with Gasteiger partial charge in [0.25, 0.3) is 0 Å². The molecule has 0 amide bonds. The number of carbonyl (C=O) groups excluding carboxylic acids is 1. The molecule has 0 aromatic carbocycles. The maximum Gasteiger partial charge on any atom is 0.326 e. The van der Waals surface area contributed by atoms with Crippen molar-refractivity contribution in [3.8, 4) is 0 Å². The quantitative estimate of drug-likeness (QED) is 0.740.